The molecule has 0 radical (unpaired) electrons. The molecule has 0 aliphatic rings. The Labute approximate surface area is 167 Å². The summed E-state index contributed by atoms with van der Waals surface area (Å²) in [6.45, 7) is 0.205. The summed E-state index contributed by atoms with van der Waals surface area (Å²) < 4.78 is 19.9. The van der Waals surface area contributed by atoms with E-state index in [-0.39, 0.29) is 25.1 Å². The van der Waals surface area contributed by atoms with Crippen LogP contribution >= 0.6 is 31.9 Å². The smallest absolute Gasteiger partial charge is 0.407 e. The molecule has 1 amide bonds. The molecule has 0 saturated carbocycles. The van der Waals surface area contributed by atoms with Crippen LogP contribution < -0.4 is 5.32 Å². The van der Waals surface area contributed by atoms with Gasteiger partial charge in [-0.2, -0.15) is 0 Å². The lowest BCUT2D eigenvalue weighted by Crippen LogP contribution is -2.30. The van der Waals surface area contributed by atoms with Gasteiger partial charge < -0.3 is 20.3 Å². The molecule has 0 aliphatic heterocycles. The Balaban J connectivity index is 1.79. The number of aliphatic hydroxyl groups excluding tert-OH is 2. The third kappa shape index (κ3) is 6.05. The van der Waals surface area contributed by atoms with Crippen LogP contribution in [0.3, 0.4) is 0 Å². The predicted molar refractivity (Wildman–Crippen MR) is 102 cm³/mol. The van der Waals surface area contributed by atoms with Crippen molar-refractivity contribution in [3.63, 3.8) is 0 Å². The van der Waals surface area contributed by atoms with Gasteiger partial charge >= 0.3 is 6.09 Å². The fourth-order valence-corrected chi connectivity index (χ4v) is 3.69. The standard InChI is InChI=1S/C18H18Br2FNO4/c19-12-8-13(20)16(14(21)9-12)17(24)15(23)6-7-22-18(25)26-10-11-4-2-1-3-5-11/h1-5,8-9,15,17,23-24H,6-7,10H2,(H,22,25). The highest BCUT2D eigenvalue weighted by Crippen LogP contribution is 2.32. The molecule has 2 rings (SSSR count). The highest BCUT2D eigenvalue weighted by atomic mass is 79.9. The van der Waals surface area contributed by atoms with Crippen molar-refractivity contribution in [3.8, 4) is 0 Å². The molecule has 0 saturated heterocycles. The first-order valence-electron chi connectivity index (χ1n) is 7.83. The minimum atomic E-state index is -1.43. The number of aliphatic hydroxyl groups is 2. The summed E-state index contributed by atoms with van der Waals surface area (Å²) in [4.78, 5) is 11.6. The minimum absolute atomic E-state index is 0.0313. The maximum Gasteiger partial charge on any atom is 0.407 e. The second kappa shape index (κ2) is 10.0. The summed E-state index contributed by atoms with van der Waals surface area (Å²) in [7, 11) is 0. The summed E-state index contributed by atoms with van der Waals surface area (Å²) in [6, 6.07) is 12.0. The molecule has 0 spiro atoms. The van der Waals surface area contributed by atoms with Crippen LogP contribution in [0, 0.1) is 5.82 Å². The van der Waals surface area contributed by atoms with E-state index in [9.17, 15) is 19.4 Å². The SMILES string of the molecule is O=C(NCCC(O)C(O)c1c(F)cc(Br)cc1Br)OCc1ccccc1. The number of ether oxygens (including phenoxy) is 1. The van der Waals surface area contributed by atoms with Crippen LogP contribution in [0.25, 0.3) is 0 Å². The number of hydrogen-bond acceptors (Lipinski definition) is 4. The molecule has 8 heteroatoms. The first kappa shape index (κ1) is 20.8. The quantitative estimate of drug-likeness (QED) is 0.546. The van der Waals surface area contributed by atoms with Crippen molar-refractivity contribution in [1.29, 1.82) is 0 Å². The van der Waals surface area contributed by atoms with Crippen molar-refractivity contribution in [2.75, 3.05) is 6.54 Å². The Morgan fingerprint density at radius 3 is 2.54 bits per heavy atom. The van der Waals surface area contributed by atoms with Crippen LogP contribution in [0.4, 0.5) is 9.18 Å². The Bertz CT molecular complexity index is 722. The zero-order chi connectivity index (χ0) is 19.1. The van der Waals surface area contributed by atoms with E-state index in [1.807, 2.05) is 30.3 Å². The van der Waals surface area contributed by atoms with E-state index in [0.717, 1.165) is 5.56 Å². The third-order valence-electron chi connectivity index (χ3n) is 3.63. The highest BCUT2D eigenvalue weighted by Gasteiger charge is 2.24. The number of rotatable bonds is 7. The highest BCUT2D eigenvalue weighted by molar-refractivity contribution is 9.11. The normalized spacial score (nSPS) is 13.1. The number of nitrogens with one attached hydrogen (secondary N) is 1. The van der Waals surface area contributed by atoms with E-state index < -0.39 is 24.1 Å². The molecule has 140 valence electrons. The maximum absolute atomic E-state index is 14.0. The Kier molecular flexibility index (Phi) is 8.02. The van der Waals surface area contributed by atoms with Gasteiger partial charge in [-0.1, -0.05) is 62.2 Å². The second-order valence-electron chi connectivity index (χ2n) is 5.57. The van der Waals surface area contributed by atoms with Crippen LogP contribution in [0.1, 0.15) is 23.7 Å². The monoisotopic (exact) mass is 489 g/mol. The summed E-state index contributed by atoms with van der Waals surface area (Å²) in [5.74, 6) is -0.645. The van der Waals surface area contributed by atoms with E-state index in [0.29, 0.717) is 8.95 Å². The molecule has 5 nitrogen and oxygen atoms in total. The van der Waals surface area contributed by atoms with E-state index in [4.69, 9.17) is 4.74 Å². The summed E-state index contributed by atoms with van der Waals surface area (Å²) >= 11 is 6.32. The van der Waals surface area contributed by atoms with E-state index >= 15 is 0 Å². The van der Waals surface area contributed by atoms with Crippen molar-refractivity contribution in [1.82, 2.24) is 5.32 Å². The van der Waals surface area contributed by atoms with Crippen LogP contribution in [0.15, 0.2) is 51.4 Å². The molecule has 2 atom stereocenters. The van der Waals surface area contributed by atoms with Crippen molar-refractivity contribution in [2.45, 2.75) is 25.2 Å². The summed E-state index contributed by atoms with van der Waals surface area (Å²) in [6.07, 6.45) is -3.29. The van der Waals surface area contributed by atoms with E-state index in [2.05, 4.69) is 37.2 Å². The number of benzene rings is 2. The molecule has 0 aliphatic carbocycles. The van der Waals surface area contributed by atoms with Gasteiger partial charge in [0.05, 0.1) is 6.10 Å². The largest absolute Gasteiger partial charge is 0.445 e. The number of amides is 1. The zero-order valence-electron chi connectivity index (χ0n) is 13.7. The molecular weight excluding hydrogens is 473 g/mol. The summed E-state index contributed by atoms with van der Waals surface area (Å²) in [5.41, 5.74) is 0.820. The molecule has 2 unspecified atom stereocenters. The van der Waals surface area contributed by atoms with E-state index in [1.54, 1.807) is 6.07 Å². The molecule has 2 aromatic rings. The first-order valence-corrected chi connectivity index (χ1v) is 9.42. The molecule has 0 aromatic heterocycles. The maximum atomic E-state index is 14.0. The first-order chi connectivity index (χ1) is 12.4. The average molecular weight is 491 g/mol. The second-order valence-corrected chi connectivity index (χ2v) is 7.34. The number of carbonyl (C=O) groups is 1. The minimum Gasteiger partial charge on any atom is -0.445 e. The average Bonchev–Trinajstić information content (AvgIpc) is 2.59. The van der Waals surface area contributed by atoms with Crippen molar-refractivity contribution < 1.29 is 24.1 Å². The van der Waals surface area contributed by atoms with Gasteiger partial charge in [-0.25, -0.2) is 9.18 Å². The Morgan fingerprint density at radius 2 is 1.88 bits per heavy atom. The van der Waals surface area contributed by atoms with Crippen molar-refractivity contribution in [3.05, 3.63) is 68.4 Å². The number of alkyl carbamates (subject to hydrolysis) is 1. The van der Waals surface area contributed by atoms with Gasteiger partial charge in [-0.05, 0) is 24.1 Å². The van der Waals surface area contributed by atoms with E-state index in [1.165, 1.54) is 6.07 Å². The lowest BCUT2D eigenvalue weighted by atomic mass is 10.0. The Morgan fingerprint density at radius 1 is 1.19 bits per heavy atom. The van der Waals surface area contributed by atoms with Gasteiger partial charge in [0.15, 0.2) is 0 Å². The van der Waals surface area contributed by atoms with Crippen LogP contribution in [-0.4, -0.2) is 29.0 Å². The van der Waals surface area contributed by atoms with Gasteiger partial charge in [0.25, 0.3) is 0 Å². The van der Waals surface area contributed by atoms with Crippen LogP contribution in [-0.2, 0) is 11.3 Å². The Hall–Kier alpha value is -1.48. The van der Waals surface area contributed by atoms with Crippen molar-refractivity contribution >= 4 is 38.0 Å². The molecule has 0 bridgehead atoms. The number of hydrogen-bond donors (Lipinski definition) is 3. The van der Waals surface area contributed by atoms with Crippen LogP contribution in [0.2, 0.25) is 0 Å². The number of carbonyl (C=O) groups excluding carboxylic acids is 1. The fourth-order valence-electron chi connectivity index (χ4n) is 2.28. The molecule has 0 fully saturated rings. The lowest BCUT2D eigenvalue weighted by molar-refractivity contribution is 0.0111. The van der Waals surface area contributed by atoms with Gasteiger partial charge in [-0.3, -0.25) is 0 Å². The van der Waals surface area contributed by atoms with Gasteiger partial charge in [0.2, 0.25) is 0 Å². The van der Waals surface area contributed by atoms with Gasteiger partial charge in [0.1, 0.15) is 18.5 Å². The molecular formula is C18H18Br2FNO4. The van der Waals surface area contributed by atoms with Gasteiger partial charge in [-0.15, -0.1) is 0 Å². The molecule has 3 N–H and O–H groups in total. The van der Waals surface area contributed by atoms with Gasteiger partial charge in [0, 0.05) is 21.1 Å². The fraction of sp³-hybridized carbons (Fsp3) is 0.278. The zero-order valence-corrected chi connectivity index (χ0v) is 16.8. The third-order valence-corrected chi connectivity index (χ3v) is 4.74. The molecule has 26 heavy (non-hydrogen) atoms. The number of halogens is 3. The van der Waals surface area contributed by atoms with Crippen LogP contribution in [0.5, 0.6) is 0 Å². The molecule has 2 aromatic carbocycles. The lowest BCUT2D eigenvalue weighted by Gasteiger charge is -2.20. The molecule has 0 heterocycles. The van der Waals surface area contributed by atoms with Crippen molar-refractivity contribution in [2.24, 2.45) is 0 Å². The topological polar surface area (TPSA) is 78.8 Å². The summed E-state index contributed by atoms with van der Waals surface area (Å²) in [5, 5.41) is 22.7. The predicted octanol–water partition coefficient (Wildman–Crippen LogP) is 4.06.